The Balaban J connectivity index is 1.75. The van der Waals surface area contributed by atoms with Gasteiger partial charge in [0, 0.05) is 0 Å². The Kier molecular flexibility index (Phi) is 5.91. The molecule has 0 bridgehead atoms. The fraction of sp³-hybridized carbons (Fsp3) is 0.538. The van der Waals surface area contributed by atoms with Gasteiger partial charge in [0.2, 0.25) is 5.28 Å². The van der Waals surface area contributed by atoms with Crippen molar-refractivity contribution in [2.45, 2.75) is 37.5 Å². The van der Waals surface area contributed by atoms with Gasteiger partial charge in [0.15, 0.2) is 17.7 Å². The molecule has 5 atom stereocenters. The van der Waals surface area contributed by atoms with Crippen molar-refractivity contribution in [3.8, 4) is 0 Å². The number of amides is 1. The Hall–Kier alpha value is -2.14. The van der Waals surface area contributed by atoms with Gasteiger partial charge in [0.25, 0.3) is 5.91 Å². The normalized spacial score (nSPS) is 26.0. The first kappa shape index (κ1) is 21.6. The third-order valence-corrected chi connectivity index (χ3v) is 5.13. The van der Waals surface area contributed by atoms with Crippen LogP contribution in [0, 0.1) is 0 Å². The van der Waals surface area contributed by atoms with E-state index in [-0.39, 0.29) is 22.3 Å². The standard InChI is InChI=1S/C13H18ClN7O7S/c1-4(15)11(24)20-29(25,26)27-2-5-7(22)8(23)12(28-5)21-3-17-6-9(16)18-13(14)19-10(6)21/h3-5,7-8,12,22-23H,2,15H2,1H3,(H,20,24)(H2,16,18,19)/t4-,5+,7+,8+,12+/m0/s1. The number of hydrogen-bond acceptors (Lipinski definition) is 12. The lowest BCUT2D eigenvalue weighted by Crippen LogP contribution is -2.43. The topological polar surface area (TPSA) is 218 Å². The molecule has 14 nitrogen and oxygen atoms in total. The molecule has 0 unspecified atom stereocenters. The molecule has 1 fully saturated rings. The van der Waals surface area contributed by atoms with Crippen LogP contribution in [0.5, 0.6) is 0 Å². The summed E-state index contributed by atoms with van der Waals surface area (Å²) in [5.41, 5.74) is 11.3. The summed E-state index contributed by atoms with van der Waals surface area (Å²) < 4.78 is 36.6. The van der Waals surface area contributed by atoms with Gasteiger partial charge in [0.05, 0.1) is 19.0 Å². The molecule has 2 aromatic heterocycles. The molecule has 0 radical (unpaired) electrons. The van der Waals surface area contributed by atoms with Crippen molar-refractivity contribution in [3.63, 3.8) is 0 Å². The Morgan fingerprint density at radius 3 is 2.79 bits per heavy atom. The van der Waals surface area contributed by atoms with Crippen molar-refractivity contribution in [2.75, 3.05) is 12.3 Å². The van der Waals surface area contributed by atoms with Gasteiger partial charge in [0.1, 0.15) is 23.8 Å². The lowest BCUT2D eigenvalue weighted by Gasteiger charge is -2.16. The number of aromatic nitrogens is 4. The molecule has 0 spiro atoms. The summed E-state index contributed by atoms with van der Waals surface area (Å²) in [6.07, 6.45) is -4.22. The summed E-state index contributed by atoms with van der Waals surface area (Å²) >= 11 is 5.79. The number of ether oxygens (including phenoxy) is 1. The van der Waals surface area contributed by atoms with Crippen LogP contribution in [0.3, 0.4) is 0 Å². The SMILES string of the molecule is C[C@H](N)C(=O)NS(=O)(=O)OC[C@H]1O[C@@H](n2cnc3c(N)nc(Cl)nc32)[C@H](O)[C@@H]1O. The third-order valence-electron chi connectivity index (χ3n) is 4.06. The van der Waals surface area contributed by atoms with Gasteiger partial charge in [-0.25, -0.2) is 9.71 Å². The maximum Gasteiger partial charge on any atom is 0.362 e. The minimum absolute atomic E-state index is 0.00244. The quantitative estimate of drug-likeness (QED) is 0.285. The van der Waals surface area contributed by atoms with Gasteiger partial charge in [-0.05, 0) is 18.5 Å². The van der Waals surface area contributed by atoms with Crippen molar-refractivity contribution in [3.05, 3.63) is 11.6 Å². The average Bonchev–Trinajstić information content (AvgIpc) is 3.15. The number of halogens is 1. The minimum atomic E-state index is -4.50. The highest BCUT2D eigenvalue weighted by molar-refractivity contribution is 7.85. The fourth-order valence-corrected chi connectivity index (χ4v) is 3.57. The first-order valence-electron chi connectivity index (χ1n) is 8.14. The van der Waals surface area contributed by atoms with E-state index in [4.69, 9.17) is 27.8 Å². The largest absolute Gasteiger partial charge is 0.387 e. The summed E-state index contributed by atoms with van der Waals surface area (Å²) in [7, 11) is -4.50. The first-order chi connectivity index (χ1) is 13.5. The van der Waals surface area contributed by atoms with E-state index >= 15 is 0 Å². The number of rotatable bonds is 6. The van der Waals surface area contributed by atoms with Crippen LogP contribution >= 0.6 is 11.6 Å². The maximum atomic E-state index is 11.8. The van der Waals surface area contributed by atoms with Crippen molar-refractivity contribution >= 4 is 44.8 Å². The first-order valence-corrected chi connectivity index (χ1v) is 9.92. The average molecular weight is 452 g/mol. The number of carbonyl (C=O) groups is 1. The van der Waals surface area contributed by atoms with E-state index < -0.39 is 53.4 Å². The molecule has 29 heavy (non-hydrogen) atoms. The van der Waals surface area contributed by atoms with Gasteiger partial charge >= 0.3 is 10.3 Å². The summed E-state index contributed by atoms with van der Waals surface area (Å²) in [5, 5.41) is 20.4. The predicted octanol–water partition coefficient (Wildman–Crippen LogP) is -2.59. The van der Waals surface area contributed by atoms with Gasteiger partial charge in [-0.3, -0.25) is 13.5 Å². The van der Waals surface area contributed by atoms with Crippen LogP contribution < -0.4 is 16.2 Å². The number of hydrogen-bond donors (Lipinski definition) is 5. The lowest BCUT2D eigenvalue weighted by molar-refractivity contribution is -0.120. The predicted molar refractivity (Wildman–Crippen MR) is 97.3 cm³/mol. The van der Waals surface area contributed by atoms with Crippen molar-refractivity contribution in [1.82, 2.24) is 24.2 Å². The molecule has 7 N–H and O–H groups in total. The van der Waals surface area contributed by atoms with E-state index in [0.29, 0.717) is 0 Å². The second kappa shape index (κ2) is 7.94. The van der Waals surface area contributed by atoms with Crippen LogP contribution in [0.15, 0.2) is 6.33 Å². The lowest BCUT2D eigenvalue weighted by atomic mass is 10.1. The van der Waals surface area contributed by atoms with E-state index in [1.165, 1.54) is 17.8 Å². The van der Waals surface area contributed by atoms with E-state index in [1.807, 2.05) is 0 Å². The number of nitrogen functional groups attached to an aromatic ring is 1. The molecule has 3 heterocycles. The number of nitrogens with two attached hydrogens (primary N) is 2. The van der Waals surface area contributed by atoms with Crippen LogP contribution in [0.1, 0.15) is 13.2 Å². The number of aliphatic hydroxyl groups is 2. The van der Waals surface area contributed by atoms with Crippen molar-refractivity contribution in [2.24, 2.45) is 5.73 Å². The smallest absolute Gasteiger partial charge is 0.362 e. The number of aliphatic hydroxyl groups excluding tert-OH is 2. The number of nitrogens with one attached hydrogen (secondary N) is 1. The van der Waals surface area contributed by atoms with Crippen molar-refractivity contribution in [1.29, 1.82) is 0 Å². The number of carbonyl (C=O) groups excluding carboxylic acids is 1. The number of anilines is 1. The maximum absolute atomic E-state index is 11.8. The molecule has 16 heteroatoms. The Morgan fingerprint density at radius 1 is 1.45 bits per heavy atom. The van der Waals surface area contributed by atoms with Gasteiger partial charge in [-0.15, -0.1) is 0 Å². The molecule has 160 valence electrons. The highest BCUT2D eigenvalue weighted by Crippen LogP contribution is 2.32. The number of nitrogens with zero attached hydrogens (tertiary/aromatic N) is 4. The van der Waals surface area contributed by atoms with Crippen LogP contribution in [-0.4, -0.2) is 75.0 Å². The molecule has 0 aliphatic carbocycles. The molecular weight excluding hydrogens is 434 g/mol. The zero-order chi connectivity index (χ0) is 21.5. The molecule has 1 aliphatic heterocycles. The summed E-state index contributed by atoms with van der Waals surface area (Å²) in [4.78, 5) is 23.1. The summed E-state index contributed by atoms with van der Waals surface area (Å²) in [5.74, 6) is -0.975. The Morgan fingerprint density at radius 2 is 2.14 bits per heavy atom. The van der Waals surface area contributed by atoms with Crippen LogP contribution in [0.2, 0.25) is 5.28 Å². The van der Waals surface area contributed by atoms with Gasteiger partial charge in [-0.1, -0.05) is 0 Å². The van der Waals surface area contributed by atoms with E-state index in [1.54, 1.807) is 4.72 Å². The zero-order valence-corrected chi connectivity index (χ0v) is 16.4. The van der Waals surface area contributed by atoms with Crippen molar-refractivity contribution < 1.29 is 32.3 Å². The monoisotopic (exact) mass is 451 g/mol. The molecule has 1 aliphatic rings. The van der Waals surface area contributed by atoms with Gasteiger partial charge in [-0.2, -0.15) is 18.4 Å². The third kappa shape index (κ3) is 4.40. The van der Waals surface area contributed by atoms with E-state index in [0.717, 1.165) is 0 Å². The van der Waals surface area contributed by atoms with Crippen LogP contribution in [0.4, 0.5) is 5.82 Å². The molecule has 0 saturated carbocycles. The van der Waals surface area contributed by atoms with E-state index in [2.05, 4.69) is 19.1 Å². The number of fused-ring (bicyclic) bond motifs is 1. The molecule has 1 saturated heterocycles. The molecule has 0 aromatic carbocycles. The minimum Gasteiger partial charge on any atom is -0.387 e. The second-order valence-electron chi connectivity index (χ2n) is 6.24. The summed E-state index contributed by atoms with van der Waals surface area (Å²) in [6, 6.07) is -1.08. The van der Waals surface area contributed by atoms with E-state index in [9.17, 15) is 23.4 Å². The molecule has 3 rings (SSSR count). The second-order valence-corrected chi connectivity index (χ2v) is 7.93. The highest BCUT2D eigenvalue weighted by atomic mass is 35.5. The van der Waals surface area contributed by atoms with Gasteiger partial charge < -0.3 is 26.4 Å². The molecule has 2 aromatic rings. The Labute approximate surface area is 169 Å². The van der Waals surface area contributed by atoms with Crippen LogP contribution in [-0.2, 0) is 24.0 Å². The number of imidazole rings is 1. The summed E-state index contributed by atoms with van der Waals surface area (Å²) in [6.45, 7) is 0.592. The Bertz CT molecular complexity index is 1030. The molecule has 1 amide bonds. The molecular formula is C13H18ClN7O7S. The van der Waals surface area contributed by atoms with Crippen LogP contribution in [0.25, 0.3) is 11.2 Å². The zero-order valence-electron chi connectivity index (χ0n) is 14.8. The fourth-order valence-electron chi connectivity index (χ4n) is 2.60. The highest BCUT2D eigenvalue weighted by Gasteiger charge is 2.45.